The summed E-state index contributed by atoms with van der Waals surface area (Å²) in [5, 5.41) is 85.6. The van der Waals surface area contributed by atoms with Crippen molar-refractivity contribution >= 4 is 0 Å². The Morgan fingerprint density at radius 3 is 1.95 bits per heavy atom. The third-order valence-electron chi connectivity index (χ3n) is 7.07. The maximum atomic E-state index is 11.4. The SMILES string of the molecule is NC1C(O)O[C@H](CO)C(O[C@@H]2O[C@H](CO)C(O[C@@H]3O[C@H](CO)[C@@H](O)[C@H](O)[C@H]3N)[C@H](O)C2Nn2cccn2)C1O. The fourth-order valence-electron chi connectivity index (χ4n) is 4.79. The summed E-state index contributed by atoms with van der Waals surface area (Å²) in [6, 6.07) is -2.23. The van der Waals surface area contributed by atoms with Gasteiger partial charge < -0.3 is 76.0 Å². The molecule has 0 amide bonds. The predicted octanol–water partition coefficient (Wildman–Crippen LogP) is -7.19. The van der Waals surface area contributed by atoms with Crippen molar-refractivity contribution in [1.82, 2.24) is 9.89 Å². The van der Waals surface area contributed by atoms with E-state index in [4.69, 9.17) is 35.2 Å². The van der Waals surface area contributed by atoms with Crippen molar-refractivity contribution in [3.8, 4) is 0 Å². The van der Waals surface area contributed by atoms with Gasteiger partial charge in [-0.05, 0) is 6.07 Å². The topological polar surface area (TPSA) is 290 Å². The second kappa shape index (κ2) is 12.9. The smallest absolute Gasteiger partial charge is 0.182 e. The molecule has 3 saturated heterocycles. The molecule has 18 heteroatoms. The molecule has 18 nitrogen and oxygen atoms in total. The number of aliphatic hydroxyl groups is 8. The minimum absolute atomic E-state index is 0.661. The summed E-state index contributed by atoms with van der Waals surface area (Å²) in [5.74, 6) is 0. The minimum atomic E-state index is -1.58. The van der Waals surface area contributed by atoms with Crippen LogP contribution in [0.4, 0.5) is 0 Å². The van der Waals surface area contributed by atoms with Crippen molar-refractivity contribution in [1.29, 1.82) is 0 Å². The van der Waals surface area contributed by atoms with Gasteiger partial charge in [-0.25, -0.2) is 0 Å². The van der Waals surface area contributed by atoms with Gasteiger partial charge in [0.2, 0.25) is 0 Å². The highest BCUT2D eigenvalue weighted by atomic mass is 16.7. The highest BCUT2D eigenvalue weighted by molar-refractivity contribution is 5.03. The Balaban J connectivity index is 1.58. The summed E-state index contributed by atoms with van der Waals surface area (Å²) in [6.45, 7) is -2.03. The van der Waals surface area contributed by atoms with E-state index in [9.17, 15) is 40.9 Å². The summed E-state index contributed by atoms with van der Waals surface area (Å²) in [7, 11) is 0. The Kier molecular flexibility index (Phi) is 10.1. The van der Waals surface area contributed by atoms with Gasteiger partial charge in [0, 0.05) is 6.20 Å². The number of aromatic nitrogens is 2. The van der Waals surface area contributed by atoms with Crippen LogP contribution in [0.25, 0.3) is 0 Å². The Morgan fingerprint density at radius 2 is 1.33 bits per heavy atom. The van der Waals surface area contributed by atoms with E-state index in [0.29, 0.717) is 0 Å². The molecule has 3 aliphatic heterocycles. The van der Waals surface area contributed by atoms with Gasteiger partial charge in [-0.1, -0.05) is 0 Å². The largest absolute Gasteiger partial charge is 0.394 e. The van der Waals surface area contributed by atoms with Crippen LogP contribution in [0, 0.1) is 0 Å². The summed E-state index contributed by atoms with van der Waals surface area (Å²) in [5.41, 5.74) is 14.6. The lowest BCUT2D eigenvalue weighted by Gasteiger charge is -2.49. The van der Waals surface area contributed by atoms with Gasteiger partial charge in [-0.2, -0.15) is 9.89 Å². The summed E-state index contributed by atoms with van der Waals surface area (Å²) in [6.07, 6.45) is -14.1. The molecular formula is C21H37N5O13. The Bertz CT molecular complexity index is 884. The molecule has 13 N–H and O–H groups in total. The average Bonchev–Trinajstić information content (AvgIpc) is 3.45. The van der Waals surface area contributed by atoms with Gasteiger partial charge in [0.15, 0.2) is 18.9 Å². The number of ether oxygens (including phenoxy) is 5. The van der Waals surface area contributed by atoms with Crippen LogP contribution in [-0.4, -0.2) is 162 Å². The van der Waals surface area contributed by atoms with Crippen LogP contribution >= 0.6 is 0 Å². The van der Waals surface area contributed by atoms with Gasteiger partial charge in [0.05, 0.1) is 38.1 Å². The zero-order chi connectivity index (χ0) is 28.4. The van der Waals surface area contributed by atoms with Crippen molar-refractivity contribution in [2.75, 3.05) is 25.2 Å². The molecule has 0 radical (unpaired) electrons. The second-order valence-corrected chi connectivity index (χ2v) is 9.62. The molecule has 0 spiro atoms. The first kappa shape index (κ1) is 30.4. The summed E-state index contributed by atoms with van der Waals surface area (Å²) < 4.78 is 28.4. The highest BCUT2D eigenvalue weighted by Gasteiger charge is 2.53. The van der Waals surface area contributed by atoms with Crippen molar-refractivity contribution in [2.24, 2.45) is 11.5 Å². The van der Waals surface area contributed by atoms with Gasteiger partial charge in [-0.15, -0.1) is 0 Å². The van der Waals surface area contributed by atoms with Crippen LogP contribution in [-0.2, 0) is 23.7 Å². The van der Waals surface area contributed by atoms with Crippen molar-refractivity contribution in [2.45, 2.75) is 91.9 Å². The van der Waals surface area contributed by atoms with Gasteiger partial charge in [-0.3, -0.25) is 5.43 Å². The van der Waals surface area contributed by atoms with E-state index in [1.54, 1.807) is 6.07 Å². The number of nitrogens with two attached hydrogens (primary N) is 2. The fourth-order valence-corrected chi connectivity index (χ4v) is 4.79. The van der Waals surface area contributed by atoms with Crippen LogP contribution < -0.4 is 16.9 Å². The zero-order valence-electron chi connectivity index (χ0n) is 20.7. The number of rotatable bonds is 9. The van der Waals surface area contributed by atoms with E-state index in [-0.39, 0.29) is 0 Å². The molecule has 6 unspecified atom stereocenters. The summed E-state index contributed by atoms with van der Waals surface area (Å²) >= 11 is 0. The lowest BCUT2D eigenvalue weighted by atomic mass is 9.94. The molecule has 1 aromatic rings. The zero-order valence-corrected chi connectivity index (χ0v) is 20.7. The van der Waals surface area contributed by atoms with Crippen molar-refractivity contribution in [3.63, 3.8) is 0 Å². The Morgan fingerprint density at radius 1 is 0.744 bits per heavy atom. The van der Waals surface area contributed by atoms with E-state index < -0.39 is 112 Å². The number of hydrogen-bond acceptors (Lipinski definition) is 17. The standard InChI is InChI=1S/C21H37N5O13/c22-10-15(32)17(8(5-28)35-19(10)34)39-21-12(25-26-3-1-2-24-26)16(33)18(9(6-29)37-21)38-20-11(23)14(31)13(30)7(4-27)36-20/h1-3,7-21,25,27-34H,4-6,22-23H2/t7-,8-,9-,10?,11-,12?,13-,14-,15?,16-,17?,18?,19?,20+,21+/m1/s1. The lowest BCUT2D eigenvalue weighted by Crippen LogP contribution is -2.69. The first-order chi connectivity index (χ1) is 18.6. The maximum Gasteiger partial charge on any atom is 0.182 e. The third-order valence-corrected chi connectivity index (χ3v) is 7.07. The van der Waals surface area contributed by atoms with E-state index >= 15 is 0 Å². The molecule has 15 atom stereocenters. The quantitative estimate of drug-likeness (QED) is 0.132. The van der Waals surface area contributed by atoms with Crippen LogP contribution in [0.3, 0.4) is 0 Å². The molecule has 224 valence electrons. The van der Waals surface area contributed by atoms with Gasteiger partial charge >= 0.3 is 0 Å². The number of nitrogens with one attached hydrogen (secondary N) is 1. The Labute approximate surface area is 222 Å². The molecule has 1 aromatic heterocycles. The molecule has 3 fully saturated rings. The van der Waals surface area contributed by atoms with Crippen LogP contribution in [0.5, 0.6) is 0 Å². The monoisotopic (exact) mass is 567 g/mol. The normalized spacial score (nSPS) is 47.2. The lowest BCUT2D eigenvalue weighted by molar-refractivity contribution is -0.347. The van der Waals surface area contributed by atoms with E-state index in [1.807, 2.05) is 0 Å². The van der Waals surface area contributed by atoms with Crippen molar-refractivity contribution < 1.29 is 64.5 Å². The van der Waals surface area contributed by atoms with E-state index in [0.717, 1.165) is 0 Å². The molecule has 4 heterocycles. The van der Waals surface area contributed by atoms with E-state index in [2.05, 4.69) is 10.5 Å². The molecule has 0 bridgehead atoms. The van der Waals surface area contributed by atoms with Crippen LogP contribution in [0.2, 0.25) is 0 Å². The van der Waals surface area contributed by atoms with Gasteiger partial charge in [0.25, 0.3) is 0 Å². The van der Waals surface area contributed by atoms with Gasteiger partial charge in [0.1, 0.15) is 61.0 Å². The van der Waals surface area contributed by atoms with E-state index in [1.165, 1.54) is 17.2 Å². The predicted molar refractivity (Wildman–Crippen MR) is 125 cm³/mol. The Hall–Kier alpha value is -1.59. The molecule has 0 aromatic carbocycles. The molecule has 4 rings (SSSR count). The number of hydrogen-bond donors (Lipinski definition) is 11. The molecule has 0 aliphatic carbocycles. The van der Waals surface area contributed by atoms with Crippen LogP contribution in [0.1, 0.15) is 0 Å². The average molecular weight is 568 g/mol. The maximum absolute atomic E-state index is 11.4. The highest BCUT2D eigenvalue weighted by Crippen LogP contribution is 2.32. The molecule has 0 saturated carbocycles. The van der Waals surface area contributed by atoms with Crippen molar-refractivity contribution in [3.05, 3.63) is 18.5 Å². The number of aliphatic hydroxyl groups excluding tert-OH is 8. The first-order valence-corrected chi connectivity index (χ1v) is 12.4. The summed E-state index contributed by atoms with van der Waals surface area (Å²) in [4.78, 5) is 1.22. The molecular weight excluding hydrogens is 530 g/mol. The second-order valence-electron chi connectivity index (χ2n) is 9.62. The molecule has 3 aliphatic rings. The minimum Gasteiger partial charge on any atom is -0.394 e. The first-order valence-electron chi connectivity index (χ1n) is 12.4. The number of nitrogens with zero attached hydrogens (tertiary/aromatic N) is 2. The molecule has 39 heavy (non-hydrogen) atoms. The van der Waals surface area contributed by atoms with Crippen LogP contribution in [0.15, 0.2) is 18.5 Å². The fraction of sp³-hybridized carbons (Fsp3) is 0.857. The third kappa shape index (κ3) is 6.20.